The second kappa shape index (κ2) is 5.36. The Kier molecular flexibility index (Phi) is 3.61. The number of aromatic carboxylic acids is 1. The first kappa shape index (κ1) is 14.1. The Morgan fingerprint density at radius 2 is 1.95 bits per heavy atom. The molecule has 10 heteroatoms. The third-order valence-electron chi connectivity index (χ3n) is 2.60. The number of carboxylic acids is 1. The van der Waals surface area contributed by atoms with E-state index in [1.54, 1.807) is 6.07 Å². The highest BCUT2D eigenvalue weighted by Crippen LogP contribution is 2.24. The maximum atomic E-state index is 10.7. The zero-order valence-electron chi connectivity index (χ0n) is 10.3. The number of nitrogens with zero attached hydrogens (tertiary/aromatic N) is 4. The van der Waals surface area contributed by atoms with E-state index in [4.69, 9.17) is 0 Å². The standard InChI is InChI=1S/C11H8N4O6/c16-11(17)8-3-1-2-7(4-8)5-13-6-9(14(18)19)10(12-13)15(20)21/h1-4,6H,5H2,(H,16,17)/p-1. The number of benzene rings is 1. The van der Waals surface area contributed by atoms with Gasteiger partial charge >= 0.3 is 11.5 Å². The zero-order chi connectivity index (χ0) is 15.6. The van der Waals surface area contributed by atoms with Crippen LogP contribution in [0.4, 0.5) is 11.5 Å². The molecule has 0 aliphatic rings. The lowest BCUT2D eigenvalue weighted by atomic mass is 10.1. The average Bonchev–Trinajstić information content (AvgIpc) is 2.83. The lowest BCUT2D eigenvalue weighted by molar-refractivity contribution is -0.424. The number of carbonyl (C=O) groups is 1. The third-order valence-corrected chi connectivity index (χ3v) is 2.60. The minimum atomic E-state index is -1.37. The first-order valence-electron chi connectivity index (χ1n) is 5.55. The summed E-state index contributed by atoms with van der Waals surface area (Å²) in [4.78, 5) is 30.2. The summed E-state index contributed by atoms with van der Waals surface area (Å²) in [5, 5.41) is 35.6. The second-order valence-corrected chi connectivity index (χ2v) is 4.04. The van der Waals surface area contributed by atoms with Gasteiger partial charge in [0, 0.05) is 0 Å². The van der Waals surface area contributed by atoms with Crippen molar-refractivity contribution in [3.63, 3.8) is 0 Å². The highest BCUT2D eigenvalue weighted by Gasteiger charge is 2.30. The number of hydrogen-bond donors (Lipinski definition) is 0. The molecule has 2 aromatic rings. The van der Waals surface area contributed by atoms with Crippen LogP contribution in [0.2, 0.25) is 0 Å². The van der Waals surface area contributed by atoms with Crippen LogP contribution in [0.3, 0.4) is 0 Å². The van der Waals surface area contributed by atoms with E-state index < -0.39 is 27.3 Å². The number of carbonyl (C=O) groups excluding carboxylic acids is 1. The van der Waals surface area contributed by atoms with Crippen LogP contribution >= 0.6 is 0 Å². The molecule has 0 aliphatic heterocycles. The molecule has 0 unspecified atom stereocenters. The fourth-order valence-corrected chi connectivity index (χ4v) is 1.72. The monoisotopic (exact) mass is 291 g/mol. The van der Waals surface area contributed by atoms with Crippen LogP contribution in [0, 0.1) is 20.2 Å². The molecule has 0 fully saturated rings. The van der Waals surface area contributed by atoms with Gasteiger partial charge in [0.15, 0.2) is 0 Å². The Morgan fingerprint density at radius 1 is 1.24 bits per heavy atom. The predicted molar refractivity (Wildman–Crippen MR) is 65.4 cm³/mol. The van der Waals surface area contributed by atoms with Crippen molar-refractivity contribution in [2.75, 3.05) is 0 Å². The van der Waals surface area contributed by atoms with Crippen molar-refractivity contribution in [3.05, 3.63) is 61.8 Å². The molecule has 0 aliphatic carbocycles. The molecule has 0 bridgehead atoms. The lowest BCUT2D eigenvalue weighted by Crippen LogP contribution is -2.22. The zero-order valence-corrected chi connectivity index (χ0v) is 10.3. The molecule has 1 aromatic carbocycles. The summed E-state index contributed by atoms with van der Waals surface area (Å²) in [5.41, 5.74) is -0.330. The van der Waals surface area contributed by atoms with Gasteiger partial charge in [-0.3, -0.25) is 10.1 Å². The fraction of sp³-hybridized carbons (Fsp3) is 0.0909. The van der Waals surface area contributed by atoms with E-state index in [9.17, 15) is 30.1 Å². The quantitative estimate of drug-likeness (QED) is 0.561. The summed E-state index contributed by atoms with van der Waals surface area (Å²) in [6.07, 6.45) is 0.920. The molecule has 0 spiro atoms. The normalized spacial score (nSPS) is 10.3. The fourth-order valence-electron chi connectivity index (χ4n) is 1.72. The number of hydrogen-bond acceptors (Lipinski definition) is 7. The van der Waals surface area contributed by atoms with Crippen molar-refractivity contribution in [1.82, 2.24) is 9.78 Å². The summed E-state index contributed by atoms with van der Waals surface area (Å²) in [6.45, 7) is -0.0458. The van der Waals surface area contributed by atoms with Gasteiger partial charge in [0.2, 0.25) is 0 Å². The third kappa shape index (κ3) is 3.00. The minimum absolute atomic E-state index is 0.0458. The Bertz CT molecular complexity index is 707. The molecule has 2 rings (SSSR count). The molecule has 1 aromatic heterocycles. The largest absolute Gasteiger partial charge is 0.545 e. The average molecular weight is 291 g/mol. The maximum absolute atomic E-state index is 10.7. The molecule has 0 saturated heterocycles. The Hall–Kier alpha value is -3.30. The smallest absolute Gasteiger partial charge is 0.467 e. The van der Waals surface area contributed by atoms with Gasteiger partial charge in [0.25, 0.3) is 0 Å². The molecule has 0 amide bonds. The van der Waals surface area contributed by atoms with Crippen LogP contribution in [0.1, 0.15) is 15.9 Å². The number of aromatic nitrogens is 2. The summed E-state index contributed by atoms with van der Waals surface area (Å²) in [5.74, 6) is -2.23. The molecule has 1 heterocycles. The van der Waals surface area contributed by atoms with Crippen molar-refractivity contribution in [2.24, 2.45) is 0 Å². The van der Waals surface area contributed by atoms with Gasteiger partial charge in [-0.15, -0.1) is 0 Å². The van der Waals surface area contributed by atoms with Gasteiger partial charge in [-0.1, -0.05) is 18.2 Å². The molecule has 0 N–H and O–H groups in total. The molecule has 21 heavy (non-hydrogen) atoms. The van der Waals surface area contributed by atoms with Gasteiger partial charge < -0.3 is 20.0 Å². The first-order valence-corrected chi connectivity index (χ1v) is 5.55. The highest BCUT2D eigenvalue weighted by molar-refractivity contribution is 5.85. The van der Waals surface area contributed by atoms with E-state index in [-0.39, 0.29) is 12.1 Å². The summed E-state index contributed by atoms with van der Waals surface area (Å²) in [7, 11) is 0. The summed E-state index contributed by atoms with van der Waals surface area (Å²) < 4.78 is 1.00. The van der Waals surface area contributed by atoms with Crippen molar-refractivity contribution < 1.29 is 19.7 Å². The van der Waals surface area contributed by atoms with E-state index in [1.165, 1.54) is 18.2 Å². The molecular weight excluding hydrogens is 284 g/mol. The molecule has 0 saturated carbocycles. The van der Waals surface area contributed by atoms with Crippen LogP contribution in [0.5, 0.6) is 0 Å². The molecule has 0 radical (unpaired) electrons. The topological polar surface area (TPSA) is 144 Å². The summed E-state index contributed by atoms with van der Waals surface area (Å²) in [6, 6.07) is 5.65. The van der Waals surface area contributed by atoms with E-state index in [0.717, 1.165) is 10.9 Å². The first-order chi connectivity index (χ1) is 9.88. The van der Waals surface area contributed by atoms with Gasteiger partial charge in [-0.2, -0.15) is 4.68 Å². The van der Waals surface area contributed by atoms with Crippen molar-refractivity contribution >= 4 is 17.5 Å². The second-order valence-electron chi connectivity index (χ2n) is 4.04. The molecule has 108 valence electrons. The van der Waals surface area contributed by atoms with E-state index in [0.29, 0.717) is 5.56 Å². The Balaban J connectivity index is 2.34. The van der Waals surface area contributed by atoms with Crippen molar-refractivity contribution in [3.8, 4) is 0 Å². The maximum Gasteiger partial charge on any atom is 0.467 e. The SMILES string of the molecule is O=C([O-])c1cccc(Cn2cc([N+](=O)[O-])c([N+](=O)[O-])n2)c1. The van der Waals surface area contributed by atoms with Crippen LogP contribution < -0.4 is 5.11 Å². The Morgan fingerprint density at radius 3 is 2.48 bits per heavy atom. The lowest BCUT2D eigenvalue weighted by Gasteiger charge is -2.04. The van der Waals surface area contributed by atoms with Crippen molar-refractivity contribution in [2.45, 2.75) is 6.54 Å². The van der Waals surface area contributed by atoms with Crippen molar-refractivity contribution in [1.29, 1.82) is 0 Å². The van der Waals surface area contributed by atoms with Crippen LogP contribution in [0.15, 0.2) is 30.5 Å². The summed E-state index contributed by atoms with van der Waals surface area (Å²) >= 11 is 0. The highest BCUT2D eigenvalue weighted by atomic mass is 16.6. The van der Waals surface area contributed by atoms with Gasteiger partial charge in [-0.25, -0.2) is 0 Å². The van der Waals surface area contributed by atoms with Crippen LogP contribution in [-0.4, -0.2) is 25.6 Å². The predicted octanol–water partition coefficient (Wildman–Crippen LogP) is 0.111. The number of nitro groups is 2. The molecular formula is C11H7N4O6-. The van der Waals surface area contributed by atoms with E-state index >= 15 is 0 Å². The molecule has 0 atom stereocenters. The van der Waals surface area contributed by atoms with Gasteiger partial charge in [0.05, 0.1) is 22.5 Å². The van der Waals surface area contributed by atoms with E-state index in [1.807, 2.05) is 0 Å². The van der Waals surface area contributed by atoms with Gasteiger partial charge in [-0.05, 0) is 22.1 Å². The van der Waals surface area contributed by atoms with Gasteiger partial charge in [0.1, 0.15) is 6.20 Å². The Labute approximate surface area is 116 Å². The molecule has 10 nitrogen and oxygen atoms in total. The van der Waals surface area contributed by atoms with E-state index in [2.05, 4.69) is 5.10 Å². The number of carboxylic acid groups (broad SMARTS) is 1. The number of rotatable bonds is 5. The van der Waals surface area contributed by atoms with Crippen LogP contribution in [0.25, 0.3) is 0 Å². The minimum Gasteiger partial charge on any atom is -0.545 e. The van der Waals surface area contributed by atoms with Crippen LogP contribution in [-0.2, 0) is 6.54 Å².